The Balaban J connectivity index is 0.00000549. The molecule has 56 heavy (non-hydrogen) atoms. The molecule has 4 heterocycles. The molecular formula is C49H70N6O. The molecule has 2 aromatic heterocycles. The summed E-state index contributed by atoms with van der Waals surface area (Å²) in [6.07, 6.45) is 12.0. The molecule has 2 fully saturated rings. The molecule has 1 saturated carbocycles. The molecule has 1 aromatic carbocycles. The maximum atomic E-state index is 6.31. The van der Waals surface area contributed by atoms with E-state index in [-0.39, 0.29) is 18.4 Å². The van der Waals surface area contributed by atoms with Crippen molar-refractivity contribution in [2.24, 2.45) is 11.3 Å². The van der Waals surface area contributed by atoms with Crippen molar-refractivity contribution in [1.29, 1.82) is 0 Å². The van der Waals surface area contributed by atoms with Crippen molar-refractivity contribution in [3.05, 3.63) is 113 Å². The van der Waals surface area contributed by atoms with Crippen LogP contribution in [-0.2, 0) is 30.5 Å². The Morgan fingerprint density at radius 2 is 1.64 bits per heavy atom. The Morgan fingerprint density at radius 3 is 2.36 bits per heavy atom. The third-order valence-electron chi connectivity index (χ3n) is 12.6. The smallest absolute Gasteiger partial charge is 0.130 e. The molecule has 4 aliphatic rings. The van der Waals surface area contributed by atoms with Gasteiger partial charge in [0.15, 0.2) is 0 Å². The van der Waals surface area contributed by atoms with Crippen LogP contribution in [0, 0.1) is 18.3 Å². The largest absolute Gasteiger partial charge is 0.492 e. The van der Waals surface area contributed by atoms with E-state index in [2.05, 4.69) is 131 Å². The number of fused-ring (bicyclic) bond motifs is 2. The average molecular weight is 759 g/mol. The van der Waals surface area contributed by atoms with Crippen LogP contribution >= 0.6 is 0 Å². The van der Waals surface area contributed by atoms with E-state index in [1.807, 2.05) is 0 Å². The molecule has 1 N–H and O–H groups in total. The molecule has 0 bridgehead atoms. The van der Waals surface area contributed by atoms with Gasteiger partial charge < -0.3 is 19.9 Å². The van der Waals surface area contributed by atoms with Gasteiger partial charge in [0.1, 0.15) is 11.4 Å². The highest BCUT2D eigenvalue weighted by Crippen LogP contribution is 2.42. The molecule has 2 aliphatic heterocycles. The highest BCUT2D eigenvalue weighted by molar-refractivity contribution is 5.61. The van der Waals surface area contributed by atoms with Crippen molar-refractivity contribution in [3.8, 4) is 0 Å². The van der Waals surface area contributed by atoms with Crippen molar-refractivity contribution >= 4 is 17.2 Å². The number of anilines is 3. The number of hydrogen-bond donors (Lipinski definition) is 1. The highest BCUT2D eigenvalue weighted by Gasteiger charge is 2.34. The lowest BCUT2D eigenvalue weighted by Gasteiger charge is -2.41. The van der Waals surface area contributed by atoms with Crippen molar-refractivity contribution in [2.75, 3.05) is 42.9 Å². The molecule has 1 saturated heterocycles. The number of hydrogen-bond acceptors (Lipinski definition) is 7. The van der Waals surface area contributed by atoms with Gasteiger partial charge in [0.2, 0.25) is 0 Å². The van der Waals surface area contributed by atoms with Gasteiger partial charge in [0.25, 0.3) is 0 Å². The summed E-state index contributed by atoms with van der Waals surface area (Å²) in [5, 5.41) is 3.59. The predicted octanol–water partition coefficient (Wildman–Crippen LogP) is 10.9. The number of benzene rings is 1. The number of aromatic nitrogens is 2. The van der Waals surface area contributed by atoms with Crippen molar-refractivity contribution in [3.63, 3.8) is 0 Å². The van der Waals surface area contributed by atoms with Gasteiger partial charge in [-0.15, -0.1) is 0 Å². The summed E-state index contributed by atoms with van der Waals surface area (Å²) in [6.45, 7) is 35.1. The fraction of sp³-hybridized carbons (Fsp3) is 0.551. The molecule has 7 heteroatoms. The normalized spacial score (nSPS) is 21.7. The van der Waals surface area contributed by atoms with Crippen LogP contribution in [0.3, 0.4) is 0 Å². The summed E-state index contributed by atoms with van der Waals surface area (Å²) in [6, 6.07) is 13.9. The zero-order valence-corrected chi connectivity index (χ0v) is 35.6. The van der Waals surface area contributed by atoms with Gasteiger partial charge in [-0.3, -0.25) is 9.88 Å². The molecule has 0 spiro atoms. The highest BCUT2D eigenvalue weighted by atomic mass is 16.5. The van der Waals surface area contributed by atoms with E-state index in [1.54, 1.807) is 0 Å². The summed E-state index contributed by atoms with van der Waals surface area (Å²) in [5.74, 6) is 2.53. The first-order valence-electron chi connectivity index (χ1n) is 21.4. The quantitative estimate of drug-likeness (QED) is 0.154. The number of rotatable bonds is 11. The zero-order chi connectivity index (χ0) is 39.8. The fourth-order valence-corrected chi connectivity index (χ4v) is 9.78. The first-order valence-corrected chi connectivity index (χ1v) is 21.4. The van der Waals surface area contributed by atoms with Gasteiger partial charge in [-0.05, 0) is 137 Å². The van der Waals surface area contributed by atoms with E-state index in [1.165, 1.54) is 64.2 Å². The zero-order valence-electron chi connectivity index (χ0n) is 35.6. The second-order valence-electron chi connectivity index (χ2n) is 19.4. The summed E-state index contributed by atoms with van der Waals surface area (Å²) >= 11 is 0. The lowest BCUT2D eigenvalue weighted by Crippen LogP contribution is -2.49. The van der Waals surface area contributed by atoms with Crippen molar-refractivity contribution in [1.82, 2.24) is 19.8 Å². The van der Waals surface area contributed by atoms with E-state index in [0.717, 1.165) is 101 Å². The van der Waals surface area contributed by atoms with Gasteiger partial charge in [-0.25, -0.2) is 4.98 Å². The summed E-state index contributed by atoms with van der Waals surface area (Å²) < 4.78 is 6.31. The standard InChI is InChI=1S/C49H68N6O.H2/c1-33(39-16-20-41(29-39)54-26-24-53(25-27-54)34(2)30-48(5,6)7)28-37-14-18-40(19-15-37)51-46-21-17-38-22-23-55(32-44(38)52-46)45-31-50-43-13-11-12-42(47(43)35(45)3)36(4)56-49(8,9)10;/h14-15,17-19,21,31,39,41-42H,1-2,4,11-13,16,20,22-30,32H2,3,5-10H3,(H,51,52);1H. The topological polar surface area (TPSA) is 56.8 Å². The number of piperazine rings is 1. The van der Waals surface area contributed by atoms with Crippen LogP contribution in [0.5, 0.6) is 0 Å². The number of pyridine rings is 2. The molecule has 3 atom stereocenters. The molecule has 0 radical (unpaired) electrons. The number of nitrogens with one attached hydrogen (secondary N) is 1. The third-order valence-corrected chi connectivity index (χ3v) is 12.6. The van der Waals surface area contributed by atoms with Crippen LogP contribution in [0.2, 0.25) is 0 Å². The maximum Gasteiger partial charge on any atom is 0.130 e. The number of ether oxygens (including phenoxy) is 1. The molecule has 3 aromatic rings. The predicted molar refractivity (Wildman–Crippen MR) is 236 cm³/mol. The van der Waals surface area contributed by atoms with Crippen LogP contribution in [0.15, 0.2) is 79.4 Å². The number of nitrogens with zero attached hydrogens (tertiary/aromatic N) is 5. The van der Waals surface area contributed by atoms with E-state index in [0.29, 0.717) is 12.0 Å². The van der Waals surface area contributed by atoms with Crippen LogP contribution in [0.25, 0.3) is 0 Å². The number of aryl methyl sites for hydroxylation is 1. The first-order chi connectivity index (χ1) is 26.6. The lowest BCUT2D eigenvalue weighted by atomic mass is 9.81. The Kier molecular flexibility index (Phi) is 11.7. The van der Waals surface area contributed by atoms with Crippen molar-refractivity contribution in [2.45, 2.75) is 130 Å². The third kappa shape index (κ3) is 9.53. The molecule has 3 unspecified atom stereocenters. The maximum absolute atomic E-state index is 6.31. The van der Waals surface area contributed by atoms with Gasteiger partial charge >= 0.3 is 0 Å². The van der Waals surface area contributed by atoms with E-state index < -0.39 is 0 Å². The van der Waals surface area contributed by atoms with Crippen LogP contribution in [0.1, 0.15) is 121 Å². The average Bonchev–Trinajstić information content (AvgIpc) is 3.65. The Labute approximate surface area is 339 Å². The SMILES string of the molecule is C=C(Cc1ccc(Nc2ccc3c(n2)CN(c2cnc4c(c2C)C(C(=C)OC(C)(C)C)CCC4)CC3)cc1)C1CCC(N2CCN(C(=C)CC(C)(C)C)CC2)C1.[HH]. The second-order valence-corrected chi connectivity index (χ2v) is 19.4. The Hall–Kier alpha value is -4.10. The van der Waals surface area contributed by atoms with Gasteiger partial charge in [0.05, 0.1) is 29.9 Å². The molecule has 7 rings (SSSR count). The van der Waals surface area contributed by atoms with Gasteiger partial charge in [-0.2, -0.15) is 0 Å². The minimum absolute atomic E-state index is 0. The van der Waals surface area contributed by atoms with Crippen LogP contribution < -0.4 is 10.2 Å². The Morgan fingerprint density at radius 1 is 0.893 bits per heavy atom. The molecule has 0 amide bonds. The number of allylic oxidation sites excluding steroid dienone is 3. The van der Waals surface area contributed by atoms with Gasteiger partial charge in [0, 0.05) is 63.2 Å². The van der Waals surface area contributed by atoms with Crippen LogP contribution in [0.4, 0.5) is 17.2 Å². The van der Waals surface area contributed by atoms with Crippen LogP contribution in [-0.4, -0.2) is 64.1 Å². The molecular weight excluding hydrogens is 689 g/mol. The molecule has 2 aliphatic carbocycles. The minimum atomic E-state index is -0.266. The van der Waals surface area contributed by atoms with Crippen molar-refractivity contribution < 1.29 is 6.16 Å². The van der Waals surface area contributed by atoms with E-state index >= 15 is 0 Å². The lowest BCUT2D eigenvalue weighted by molar-refractivity contribution is 0.0413. The summed E-state index contributed by atoms with van der Waals surface area (Å²) in [4.78, 5) is 17.9. The van der Waals surface area contributed by atoms with E-state index in [4.69, 9.17) is 14.7 Å². The fourth-order valence-electron chi connectivity index (χ4n) is 9.78. The minimum Gasteiger partial charge on any atom is -0.492 e. The summed E-state index contributed by atoms with van der Waals surface area (Å²) in [7, 11) is 0. The van der Waals surface area contributed by atoms with E-state index in [9.17, 15) is 0 Å². The first kappa shape index (κ1) is 40.1. The Bertz CT molecular complexity index is 1920. The van der Waals surface area contributed by atoms with Gasteiger partial charge in [-0.1, -0.05) is 64.3 Å². The second kappa shape index (κ2) is 16.4. The molecule has 302 valence electrons. The monoisotopic (exact) mass is 759 g/mol. The summed E-state index contributed by atoms with van der Waals surface area (Å²) in [5.41, 5.74) is 12.6. The molecule has 7 nitrogen and oxygen atoms in total.